The maximum absolute atomic E-state index is 10.4. The predicted octanol–water partition coefficient (Wildman–Crippen LogP) is 4.35. The van der Waals surface area contributed by atoms with Crippen LogP contribution in [0.25, 0.3) is 0 Å². The number of rotatable bonds is 4. The van der Waals surface area contributed by atoms with Gasteiger partial charge in [0.15, 0.2) is 11.2 Å². The molecule has 0 radical (unpaired) electrons. The van der Waals surface area contributed by atoms with Crippen molar-refractivity contribution >= 4 is 78.2 Å². The molecule has 2 rings (SSSR count). The van der Waals surface area contributed by atoms with Crippen LogP contribution >= 0.6 is 54.5 Å². The first-order valence-corrected chi connectivity index (χ1v) is 8.45. The number of nitrogens with zero attached hydrogens (tertiary/aromatic N) is 2. The summed E-state index contributed by atoms with van der Waals surface area (Å²) in [5, 5.41) is 29.0. The fourth-order valence-corrected chi connectivity index (χ4v) is 4.03. The van der Waals surface area contributed by atoms with Crippen LogP contribution in [0.15, 0.2) is 19.7 Å². The molecule has 0 aliphatic carbocycles. The first-order valence-electron chi connectivity index (χ1n) is 5.23. The maximum Gasteiger partial charge on any atom is 0.353 e. The van der Waals surface area contributed by atoms with Crippen LogP contribution < -0.4 is 0 Å². The Bertz CT molecular complexity index is 755. The molecule has 2 aromatic rings. The van der Waals surface area contributed by atoms with Crippen molar-refractivity contribution in [1.29, 1.82) is 0 Å². The minimum Gasteiger partial charge on any atom is -0.477 e. The largest absolute Gasteiger partial charge is 0.477 e. The summed E-state index contributed by atoms with van der Waals surface area (Å²) in [6.45, 7) is 0. The Balaban J connectivity index is 0.000000231. The van der Waals surface area contributed by atoms with Gasteiger partial charge < -0.3 is 5.11 Å². The van der Waals surface area contributed by atoms with Gasteiger partial charge in [0.05, 0.1) is 17.4 Å². The molecule has 0 aliphatic heterocycles. The van der Waals surface area contributed by atoms with E-state index in [0.29, 0.717) is 13.9 Å². The third-order valence-electron chi connectivity index (χ3n) is 2.09. The van der Waals surface area contributed by atoms with Crippen LogP contribution in [0.3, 0.4) is 0 Å². The average molecular weight is 488 g/mol. The summed E-state index contributed by atoms with van der Waals surface area (Å²) in [6, 6.07) is 2.49. The number of hydrogen-bond donors (Lipinski definition) is 1. The summed E-state index contributed by atoms with van der Waals surface area (Å²) in [5.41, 5.74) is -0.517. The van der Waals surface area contributed by atoms with E-state index in [0.717, 1.165) is 22.7 Å². The summed E-state index contributed by atoms with van der Waals surface area (Å²) < 4.78 is 1.03. The molecule has 0 saturated carbocycles. The SMILES string of the molecule is O=C(O)c1sc(Br)cc1[N+](=O)[O-].O=Cc1sc(Br)cc1[N+](=O)[O-]. The quantitative estimate of drug-likeness (QED) is 0.383. The highest BCUT2D eigenvalue weighted by Gasteiger charge is 2.23. The lowest BCUT2D eigenvalue weighted by Crippen LogP contribution is -1.97. The number of carbonyl (C=O) groups excluding carboxylic acids is 1. The second-order valence-electron chi connectivity index (χ2n) is 3.50. The molecule has 13 heteroatoms. The highest BCUT2D eigenvalue weighted by atomic mass is 79.9. The second-order valence-corrected chi connectivity index (χ2v) is 8.40. The number of thiophene rings is 2. The van der Waals surface area contributed by atoms with Crippen molar-refractivity contribution in [3.05, 3.63) is 49.7 Å². The Labute approximate surface area is 152 Å². The van der Waals surface area contributed by atoms with E-state index in [9.17, 15) is 29.8 Å². The Kier molecular flexibility index (Phi) is 6.93. The number of carboxylic acid groups (broad SMARTS) is 1. The van der Waals surface area contributed by atoms with E-state index in [-0.39, 0.29) is 21.1 Å². The zero-order valence-electron chi connectivity index (χ0n) is 10.6. The summed E-state index contributed by atoms with van der Waals surface area (Å²) >= 11 is 7.89. The van der Waals surface area contributed by atoms with Gasteiger partial charge in [-0.25, -0.2) is 4.79 Å². The molecule has 23 heavy (non-hydrogen) atoms. The lowest BCUT2D eigenvalue weighted by atomic mass is 10.4. The van der Waals surface area contributed by atoms with Gasteiger partial charge in [0.1, 0.15) is 4.88 Å². The van der Waals surface area contributed by atoms with Gasteiger partial charge in [-0.2, -0.15) is 0 Å². The zero-order valence-corrected chi connectivity index (χ0v) is 15.4. The van der Waals surface area contributed by atoms with Crippen molar-refractivity contribution in [2.24, 2.45) is 0 Å². The van der Waals surface area contributed by atoms with E-state index in [4.69, 9.17) is 5.11 Å². The van der Waals surface area contributed by atoms with Crippen LogP contribution in [0, 0.1) is 20.2 Å². The normalized spacial score (nSPS) is 9.65. The highest BCUT2D eigenvalue weighted by molar-refractivity contribution is 9.11. The van der Waals surface area contributed by atoms with Crippen molar-refractivity contribution in [2.45, 2.75) is 0 Å². The number of nitro groups is 2. The molecule has 0 spiro atoms. The molecule has 0 unspecified atom stereocenters. The Morgan fingerprint density at radius 1 is 1.09 bits per heavy atom. The number of aromatic carboxylic acids is 1. The van der Waals surface area contributed by atoms with Crippen LogP contribution in [0.5, 0.6) is 0 Å². The summed E-state index contributed by atoms with van der Waals surface area (Å²) in [5.74, 6) is -1.28. The molecule has 9 nitrogen and oxygen atoms in total. The molecule has 122 valence electrons. The molecule has 1 N–H and O–H groups in total. The number of halogens is 2. The zero-order chi connectivity index (χ0) is 17.7. The van der Waals surface area contributed by atoms with Gasteiger partial charge in [0, 0.05) is 12.1 Å². The maximum atomic E-state index is 10.4. The standard InChI is InChI=1S/C5H2BrNO4S.C5H2BrNO3S/c6-3-1-2(7(10)11)4(12-3)5(8)9;6-5-1-3(7(9)10)4(2-8)11-5/h1H,(H,8,9);1-2H. The van der Waals surface area contributed by atoms with Gasteiger partial charge in [0.25, 0.3) is 11.4 Å². The van der Waals surface area contributed by atoms with E-state index in [2.05, 4.69) is 31.9 Å². The molecule has 0 saturated heterocycles. The van der Waals surface area contributed by atoms with Gasteiger partial charge in [-0.05, 0) is 31.9 Å². The van der Waals surface area contributed by atoms with Crippen molar-refractivity contribution in [1.82, 2.24) is 0 Å². The van der Waals surface area contributed by atoms with E-state index in [1.54, 1.807) is 0 Å². The van der Waals surface area contributed by atoms with Gasteiger partial charge in [-0.1, -0.05) is 0 Å². The molecule has 2 aromatic heterocycles. The van der Waals surface area contributed by atoms with Crippen LogP contribution in [0.2, 0.25) is 0 Å². The summed E-state index contributed by atoms with van der Waals surface area (Å²) in [7, 11) is 0. The van der Waals surface area contributed by atoms with E-state index in [1.165, 1.54) is 12.1 Å². The van der Waals surface area contributed by atoms with Gasteiger partial charge in [-0.15, -0.1) is 22.7 Å². The molecule has 0 aliphatic rings. The Morgan fingerprint density at radius 2 is 1.57 bits per heavy atom. The molecular weight excluding hydrogens is 484 g/mol. The monoisotopic (exact) mass is 486 g/mol. The number of hydrogen-bond acceptors (Lipinski definition) is 8. The van der Waals surface area contributed by atoms with Crippen LogP contribution in [-0.4, -0.2) is 27.2 Å². The lowest BCUT2D eigenvalue weighted by molar-refractivity contribution is -0.384. The third-order valence-corrected chi connectivity index (χ3v) is 5.26. The Hall–Kier alpha value is -1.70. The fourth-order valence-electron chi connectivity index (χ4n) is 1.23. The summed E-state index contributed by atoms with van der Waals surface area (Å²) in [6.07, 6.45) is 0.480. The van der Waals surface area contributed by atoms with E-state index in [1.807, 2.05) is 0 Å². The topological polar surface area (TPSA) is 141 Å². The lowest BCUT2D eigenvalue weighted by Gasteiger charge is -1.86. The third kappa shape index (κ3) is 5.16. The minimum absolute atomic E-state index is 0.141. The fraction of sp³-hybridized carbons (Fsp3) is 0. The van der Waals surface area contributed by atoms with Crippen LogP contribution in [0.4, 0.5) is 11.4 Å². The molecule has 0 amide bonds. The van der Waals surface area contributed by atoms with Crippen molar-refractivity contribution < 1.29 is 24.5 Å². The minimum atomic E-state index is -1.28. The number of aldehydes is 1. The van der Waals surface area contributed by atoms with Crippen LogP contribution in [-0.2, 0) is 0 Å². The van der Waals surface area contributed by atoms with Gasteiger partial charge in [-0.3, -0.25) is 25.0 Å². The van der Waals surface area contributed by atoms with Crippen molar-refractivity contribution in [3.63, 3.8) is 0 Å². The van der Waals surface area contributed by atoms with E-state index < -0.39 is 15.8 Å². The van der Waals surface area contributed by atoms with Crippen molar-refractivity contribution in [2.75, 3.05) is 0 Å². The average Bonchev–Trinajstić information content (AvgIpc) is 3.02. The number of carboxylic acids is 1. The molecule has 0 atom stereocenters. The van der Waals surface area contributed by atoms with Crippen molar-refractivity contribution in [3.8, 4) is 0 Å². The molecular formula is C10H4Br2N2O7S2. The molecule has 0 fully saturated rings. The van der Waals surface area contributed by atoms with Gasteiger partial charge >= 0.3 is 5.97 Å². The second kappa shape index (κ2) is 8.24. The molecule has 0 bridgehead atoms. The molecule has 2 heterocycles. The predicted molar refractivity (Wildman–Crippen MR) is 89.7 cm³/mol. The number of carbonyl (C=O) groups is 2. The Morgan fingerprint density at radius 3 is 1.91 bits per heavy atom. The van der Waals surface area contributed by atoms with Crippen LogP contribution in [0.1, 0.15) is 19.3 Å². The highest BCUT2D eigenvalue weighted by Crippen LogP contribution is 2.32. The smallest absolute Gasteiger partial charge is 0.353 e. The van der Waals surface area contributed by atoms with Gasteiger partial charge in [0.2, 0.25) is 0 Å². The molecule has 0 aromatic carbocycles. The first kappa shape index (κ1) is 19.3. The summed E-state index contributed by atoms with van der Waals surface area (Å²) in [4.78, 5) is 39.7. The van der Waals surface area contributed by atoms with E-state index >= 15 is 0 Å². The first-order chi connectivity index (χ1) is 10.7.